The number of aliphatic hydroxyl groups is 1. The Balaban J connectivity index is 2.49. The Morgan fingerprint density at radius 3 is 2.62 bits per heavy atom. The van der Waals surface area contributed by atoms with Gasteiger partial charge in [-0.15, -0.1) is 11.3 Å². The molecule has 1 aromatic rings. The minimum atomic E-state index is -0.594. The molecule has 1 aromatic heterocycles. The van der Waals surface area contributed by atoms with Crippen LogP contribution >= 0.6 is 27.3 Å². The monoisotopic (exact) mass is 306 g/mol. The van der Waals surface area contributed by atoms with E-state index in [1.54, 1.807) is 11.3 Å². The second-order valence-corrected chi connectivity index (χ2v) is 6.48. The summed E-state index contributed by atoms with van der Waals surface area (Å²) in [6.07, 6.45) is 3.35. The van der Waals surface area contributed by atoms with E-state index in [2.05, 4.69) is 33.2 Å². The summed E-state index contributed by atoms with van der Waals surface area (Å²) in [6, 6.07) is 0.181. The number of hydrogen-bond donors (Lipinski definition) is 2. The van der Waals surface area contributed by atoms with Gasteiger partial charge in [0.1, 0.15) is 5.01 Å². The molecule has 92 valence electrons. The van der Waals surface area contributed by atoms with Crippen LogP contribution in [0.25, 0.3) is 0 Å². The van der Waals surface area contributed by atoms with E-state index >= 15 is 0 Å². The summed E-state index contributed by atoms with van der Waals surface area (Å²) in [7, 11) is 0. The minimum Gasteiger partial charge on any atom is -0.389 e. The van der Waals surface area contributed by atoms with Crippen LogP contribution in [0.15, 0.2) is 9.98 Å². The van der Waals surface area contributed by atoms with Gasteiger partial charge in [0, 0.05) is 6.54 Å². The van der Waals surface area contributed by atoms with Gasteiger partial charge in [0.15, 0.2) is 0 Å². The molecule has 1 atom stereocenters. The largest absolute Gasteiger partial charge is 0.389 e. The minimum absolute atomic E-state index is 0.181. The zero-order valence-electron chi connectivity index (χ0n) is 9.96. The van der Waals surface area contributed by atoms with Gasteiger partial charge in [-0.25, -0.2) is 4.98 Å². The Morgan fingerprint density at radius 2 is 2.19 bits per heavy atom. The highest BCUT2D eigenvalue weighted by atomic mass is 79.9. The summed E-state index contributed by atoms with van der Waals surface area (Å²) in [5, 5.41) is 14.5. The molecule has 0 aliphatic carbocycles. The van der Waals surface area contributed by atoms with Crippen molar-refractivity contribution >= 4 is 27.3 Å². The highest BCUT2D eigenvalue weighted by Crippen LogP contribution is 2.24. The van der Waals surface area contributed by atoms with Crippen molar-refractivity contribution in [2.45, 2.75) is 45.3 Å². The number of hydrogen-bond acceptors (Lipinski definition) is 4. The molecule has 0 spiro atoms. The first kappa shape index (κ1) is 14.1. The van der Waals surface area contributed by atoms with E-state index in [1.807, 2.05) is 20.0 Å². The number of nitrogens with one attached hydrogen (secondary N) is 1. The molecule has 0 saturated carbocycles. The Hall–Kier alpha value is 0.0300. The summed E-state index contributed by atoms with van der Waals surface area (Å²) in [5.74, 6) is 0. The SMILES string of the molecule is CCC(O)(CC)CNC(C)c1ncc(Br)s1. The van der Waals surface area contributed by atoms with Crippen molar-refractivity contribution in [2.75, 3.05) is 6.54 Å². The van der Waals surface area contributed by atoms with Gasteiger partial charge in [0.2, 0.25) is 0 Å². The standard InChI is InChI=1S/C11H19BrN2OS/c1-4-11(15,5-2)7-14-8(3)10-13-6-9(12)16-10/h6,8,14-15H,4-5,7H2,1-3H3. The molecular weight excluding hydrogens is 288 g/mol. The highest BCUT2D eigenvalue weighted by Gasteiger charge is 2.23. The number of aromatic nitrogens is 1. The highest BCUT2D eigenvalue weighted by molar-refractivity contribution is 9.11. The van der Waals surface area contributed by atoms with E-state index in [0.717, 1.165) is 21.6 Å². The van der Waals surface area contributed by atoms with Gasteiger partial charge < -0.3 is 10.4 Å². The van der Waals surface area contributed by atoms with Gasteiger partial charge >= 0.3 is 0 Å². The van der Waals surface area contributed by atoms with Crippen LogP contribution in [-0.2, 0) is 0 Å². The van der Waals surface area contributed by atoms with E-state index in [-0.39, 0.29) is 6.04 Å². The molecule has 0 aromatic carbocycles. The molecule has 0 aliphatic rings. The van der Waals surface area contributed by atoms with Gasteiger partial charge in [0.25, 0.3) is 0 Å². The summed E-state index contributed by atoms with van der Waals surface area (Å²) in [6.45, 7) is 6.70. The van der Waals surface area contributed by atoms with E-state index in [0.29, 0.717) is 6.54 Å². The maximum Gasteiger partial charge on any atom is 0.110 e. The second-order valence-electron chi connectivity index (χ2n) is 4.04. The number of nitrogens with zero attached hydrogens (tertiary/aromatic N) is 1. The second kappa shape index (κ2) is 6.10. The average molecular weight is 307 g/mol. The zero-order valence-corrected chi connectivity index (χ0v) is 12.4. The van der Waals surface area contributed by atoms with Crippen molar-refractivity contribution in [1.82, 2.24) is 10.3 Å². The first-order chi connectivity index (χ1) is 7.50. The molecule has 0 fully saturated rings. The lowest BCUT2D eigenvalue weighted by Gasteiger charge is -2.27. The lowest BCUT2D eigenvalue weighted by molar-refractivity contribution is 0.0303. The van der Waals surface area contributed by atoms with Crippen molar-refractivity contribution in [3.63, 3.8) is 0 Å². The van der Waals surface area contributed by atoms with E-state index in [4.69, 9.17) is 0 Å². The maximum atomic E-state index is 10.1. The maximum absolute atomic E-state index is 10.1. The molecule has 3 nitrogen and oxygen atoms in total. The first-order valence-electron chi connectivity index (χ1n) is 5.57. The van der Waals surface area contributed by atoms with Gasteiger partial charge in [-0.1, -0.05) is 13.8 Å². The summed E-state index contributed by atoms with van der Waals surface area (Å²) >= 11 is 5.02. The lowest BCUT2D eigenvalue weighted by atomic mass is 9.97. The van der Waals surface area contributed by atoms with Gasteiger partial charge in [-0.2, -0.15) is 0 Å². The fourth-order valence-corrected chi connectivity index (χ4v) is 2.67. The Morgan fingerprint density at radius 1 is 1.56 bits per heavy atom. The van der Waals surface area contributed by atoms with Crippen LogP contribution in [0.3, 0.4) is 0 Å². The van der Waals surface area contributed by atoms with Crippen LogP contribution < -0.4 is 5.32 Å². The molecule has 1 rings (SSSR count). The fraction of sp³-hybridized carbons (Fsp3) is 0.727. The molecular formula is C11H19BrN2OS. The molecule has 0 saturated heterocycles. The Kier molecular flexibility index (Phi) is 5.37. The van der Waals surface area contributed by atoms with Crippen molar-refractivity contribution in [1.29, 1.82) is 0 Å². The third-order valence-corrected chi connectivity index (χ3v) is 4.58. The van der Waals surface area contributed by atoms with Crippen molar-refractivity contribution < 1.29 is 5.11 Å². The van der Waals surface area contributed by atoms with Gasteiger partial charge in [-0.05, 0) is 35.7 Å². The molecule has 1 heterocycles. The predicted octanol–water partition coefficient (Wildman–Crippen LogP) is 3.11. The Labute approximate surface area is 109 Å². The fourth-order valence-electron chi connectivity index (χ4n) is 1.40. The molecule has 5 heteroatoms. The van der Waals surface area contributed by atoms with E-state index < -0.39 is 5.60 Å². The summed E-state index contributed by atoms with van der Waals surface area (Å²) < 4.78 is 1.04. The normalized spacial score (nSPS) is 14.1. The van der Waals surface area contributed by atoms with Crippen LogP contribution in [0.5, 0.6) is 0 Å². The number of rotatable bonds is 6. The topological polar surface area (TPSA) is 45.1 Å². The molecule has 0 aliphatic heterocycles. The molecule has 0 bridgehead atoms. The van der Waals surface area contributed by atoms with Crippen molar-refractivity contribution in [2.24, 2.45) is 0 Å². The van der Waals surface area contributed by atoms with Gasteiger partial charge in [-0.3, -0.25) is 0 Å². The molecule has 0 amide bonds. The molecule has 16 heavy (non-hydrogen) atoms. The zero-order chi connectivity index (χ0) is 12.2. The molecule has 0 radical (unpaired) electrons. The summed E-state index contributed by atoms with van der Waals surface area (Å²) in [5.41, 5.74) is -0.594. The number of thiazole rings is 1. The van der Waals surface area contributed by atoms with Crippen LogP contribution in [0.1, 0.15) is 44.7 Å². The van der Waals surface area contributed by atoms with Gasteiger partial charge in [0.05, 0.1) is 21.6 Å². The molecule has 2 N–H and O–H groups in total. The van der Waals surface area contributed by atoms with E-state index in [9.17, 15) is 5.11 Å². The van der Waals surface area contributed by atoms with Crippen molar-refractivity contribution in [3.8, 4) is 0 Å². The van der Waals surface area contributed by atoms with Crippen LogP contribution in [0, 0.1) is 0 Å². The third-order valence-electron chi connectivity index (χ3n) is 2.92. The average Bonchev–Trinajstić information content (AvgIpc) is 2.72. The first-order valence-corrected chi connectivity index (χ1v) is 7.18. The lowest BCUT2D eigenvalue weighted by Crippen LogP contribution is -2.40. The smallest absolute Gasteiger partial charge is 0.110 e. The van der Waals surface area contributed by atoms with Crippen LogP contribution in [-0.4, -0.2) is 22.2 Å². The third kappa shape index (κ3) is 3.80. The van der Waals surface area contributed by atoms with Crippen LogP contribution in [0.4, 0.5) is 0 Å². The van der Waals surface area contributed by atoms with Crippen LogP contribution in [0.2, 0.25) is 0 Å². The summed E-state index contributed by atoms with van der Waals surface area (Å²) in [4.78, 5) is 4.30. The molecule has 1 unspecified atom stereocenters. The quantitative estimate of drug-likeness (QED) is 0.849. The predicted molar refractivity (Wildman–Crippen MR) is 71.8 cm³/mol. The van der Waals surface area contributed by atoms with Crippen molar-refractivity contribution in [3.05, 3.63) is 15.0 Å². The van der Waals surface area contributed by atoms with E-state index in [1.165, 1.54) is 0 Å². The Bertz CT molecular complexity index is 326. The number of halogens is 1.